The summed E-state index contributed by atoms with van der Waals surface area (Å²) in [7, 11) is 0. The summed E-state index contributed by atoms with van der Waals surface area (Å²) < 4.78 is 17.3. The summed E-state index contributed by atoms with van der Waals surface area (Å²) in [5.41, 5.74) is 0. The Morgan fingerprint density at radius 2 is 0.726 bits per heavy atom. The molecule has 0 radical (unpaired) electrons. The molecular formula is C57H94O5. The van der Waals surface area contributed by atoms with Gasteiger partial charge in [-0.25, -0.2) is 0 Å². The third kappa shape index (κ3) is 49.2. The van der Waals surface area contributed by atoms with Crippen LogP contribution in [0.5, 0.6) is 0 Å². The molecule has 1 unspecified atom stereocenters. The molecule has 0 aromatic heterocycles. The monoisotopic (exact) mass is 859 g/mol. The van der Waals surface area contributed by atoms with Crippen molar-refractivity contribution in [2.75, 3.05) is 19.8 Å². The third-order valence-corrected chi connectivity index (χ3v) is 10.3. The van der Waals surface area contributed by atoms with Crippen molar-refractivity contribution in [2.24, 2.45) is 0 Å². The molecule has 0 aliphatic heterocycles. The van der Waals surface area contributed by atoms with Crippen LogP contribution in [-0.4, -0.2) is 37.9 Å². The molecule has 0 aromatic rings. The van der Waals surface area contributed by atoms with Gasteiger partial charge in [0.2, 0.25) is 0 Å². The Balaban J connectivity index is 4.22. The van der Waals surface area contributed by atoms with E-state index < -0.39 is 6.10 Å². The van der Waals surface area contributed by atoms with E-state index in [-0.39, 0.29) is 25.2 Å². The molecule has 1 atom stereocenters. The van der Waals surface area contributed by atoms with Crippen LogP contribution < -0.4 is 0 Å². The summed E-state index contributed by atoms with van der Waals surface area (Å²) in [5, 5.41) is 0. The van der Waals surface area contributed by atoms with Crippen molar-refractivity contribution in [3.63, 3.8) is 0 Å². The highest BCUT2D eigenvalue weighted by atomic mass is 16.6. The van der Waals surface area contributed by atoms with E-state index in [9.17, 15) is 9.59 Å². The first kappa shape index (κ1) is 58.6. The maximum atomic E-state index is 12.7. The molecule has 5 heteroatoms. The molecule has 0 aromatic carbocycles. The molecule has 0 aliphatic carbocycles. The zero-order valence-electron chi connectivity index (χ0n) is 40.3. The van der Waals surface area contributed by atoms with Gasteiger partial charge in [-0.3, -0.25) is 9.59 Å². The number of carbonyl (C=O) groups excluding carboxylic acids is 2. The minimum atomic E-state index is -0.559. The molecule has 0 amide bonds. The average molecular weight is 859 g/mol. The lowest BCUT2D eigenvalue weighted by atomic mass is 10.1. The van der Waals surface area contributed by atoms with Crippen LogP contribution in [-0.2, 0) is 23.8 Å². The van der Waals surface area contributed by atoms with Crippen LogP contribution in [0, 0.1) is 0 Å². The van der Waals surface area contributed by atoms with Crippen LogP contribution in [0.15, 0.2) is 109 Å². The molecule has 0 heterocycles. The first-order valence-electron chi connectivity index (χ1n) is 25.4. The lowest BCUT2D eigenvalue weighted by molar-refractivity contribution is -0.163. The van der Waals surface area contributed by atoms with Crippen molar-refractivity contribution in [3.8, 4) is 0 Å². The Kier molecular flexibility index (Phi) is 49.0. The van der Waals surface area contributed by atoms with Gasteiger partial charge in [0.25, 0.3) is 0 Å². The molecule has 0 aliphatic rings. The van der Waals surface area contributed by atoms with Gasteiger partial charge in [-0.15, -0.1) is 0 Å². The van der Waals surface area contributed by atoms with Gasteiger partial charge in [0.1, 0.15) is 6.61 Å². The summed E-state index contributed by atoms with van der Waals surface area (Å²) in [6.07, 6.45) is 71.1. The van der Waals surface area contributed by atoms with Crippen molar-refractivity contribution in [1.82, 2.24) is 0 Å². The fourth-order valence-corrected chi connectivity index (χ4v) is 6.58. The highest BCUT2D eigenvalue weighted by molar-refractivity contribution is 5.70. The van der Waals surface area contributed by atoms with Crippen LogP contribution in [0.25, 0.3) is 0 Å². The smallest absolute Gasteiger partial charge is 0.306 e. The van der Waals surface area contributed by atoms with Crippen LogP contribution in [0.3, 0.4) is 0 Å². The second-order valence-corrected chi connectivity index (χ2v) is 16.3. The van der Waals surface area contributed by atoms with Gasteiger partial charge in [0.05, 0.1) is 6.61 Å². The van der Waals surface area contributed by atoms with Crippen molar-refractivity contribution in [1.29, 1.82) is 0 Å². The van der Waals surface area contributed by atoms with Crippen LogP contribution >= 0.6 is 0 Å². The Morgan fingerprint density at radius 3 is 1.18 bits per heavy atom. The number of ether oxygens (including phenoxy) is 3. The van der Waals surface area contributed by atoms with E-state index in [1.165, 1.54) is 57.8 Å². The standard InChI is InChI=1S/C57H94O5/c1-4-7-10-13-16-18-20-22-24-26-28-30-32-34-36-38-40-43-46-49-52-60-53-55(62-57(59)51-48-45-41-15-12-9-6-3)54-61-56(58)50-47-44-42-39-37-35-33-31-29-27-25-23-21-19-17-14-11-8-5-2/h7-8,10-11,16-19,22-25,28-31,35,37,55H,4-6,9,12-15,20-21,26-27,32-34,36,38-54H2,1-3H3/b10-7-,11-8-,18-16-,19-17-,24-22-,25-23-,30-28-,31-29-,37-35-. The molecule has 352 valence electrons. The average Bonchev–Trinajstić information content (AvgIpc) is 3.27. The molecule has 0 saturated carbocycles. The molecule has 0 rings (SSSR count). The number of allylic oxidation sites excluding steroid dienone is 18. The summed E-state index contributed by atoms with van der Waals surface area (Å²) in [4.78, 5) is 25.2. The Morgan fingerprint density at radius 1 is 0.371 bits per heavy atom. The lowest BCUT2D eigenvalue weighted by Gasteiger charge is -2.18. The minimum Gasteiger partial charge on any atom is -0.462 e. The largest absolute Gasteiger partial charge is 0.462 e. The van der Waals surface area contributed by atoms with Crippen molar-refractivity contribution >= 4 is 11.9 Å². The zero-order chi connectivity index (χ0) is 44.9. The second kappa shape index (κ2) is 51.9. The Hall–Kier alpha value is -3.44. The van der Waals surface area contributed by atoms with E-state index in [0.717, 1.165) is 122 Å². The van der Waals surface area contributed by atoms with Gasteiger partial charge < -0.3 is 14.2 Å². The first-order valence-corrected chi connectivity index (χ1v) is 25.4. The topological polar surface area (TPSA) is 61.8 Å². The second-order valence-electron chi connectivity index (χ2n) is 16.3. The van der Waals surface area contributed by atoms with Crippen LogP contribution in [0.2, 0.25) is 0 Å². The van der Waals surface area contributed by atoms with E-state index in [4.69, 9.17) is 14.2 Å². The van der Waals surface area contributed by atoms with Gasteiger partial charge >= 0.3 is 11.9 Å². The molecule has 5 nitrogen and oxygen atoms in total. The Bertz CT molecular complexity index is 1250. The summed E-state index contributed by atoms with van der Waals surface area (Å²) in [6.45, 7) is 7.50. The molecule has 0 N–H and O–H groups in total. The quantitative estimate of drug-likeness (QED) is 0.0347. The van der Waals surface area contributed by atoms with Gasteiger partial charge in [-0.2, -0.15) is 0 Å². The first-order chi connectivity index (χ1) is 30.6. The van der Waals surface area contributed by atoms with E-state index in [2.05, 4.69) is 130 Å². The number of esters is 2. The molecule has 0 saturated heterocycles. The van der Waals surface area contributed by atoms with E-state index in [1.54, 1.807) is 0 Å². The fourth-order valence-electron chi connectivity index (χ4n) is 6.58. The number of hydrogen-bond donors (Lipinski definition) is 0. The summed E-state index contributed by atoms with van der Waals surface area (Å²) in [5.74, 6) is -0.452. The van der Waals surface area contributed by atoms with Gasteiger partial charge in [-0.05, 0) is 103 Å². The number of hydrogen-bond acceptors (Lipinski definition) is 5. The predicted molar refractivity (Wildman–Crippen MR) is 269 cm³/mol. The molecular weight excluding hydrogens is 765 g/mol. The Labute approximate surface area is 383 Å². The van der Waals surface area contributed by atoms with Gasteiger partial charge in [0, 0.05) is 19.4 Å². The maximum Gasteiger partial charge on any atom is 0.306 e. The summed E-state index contributed by atoms with van der Waals surface area (Å²) in [6, 6.07) is 0. The van der Waals surface area contributed by atoms with Crippen molar-refractivity contribution in [3.05, 3.63) is 109 Å². The third-order valence-electron chi connectivity index (χ3n) is 10.3. The minimum absolute atomic E-state index is 0.0581. The molecule has 0 fully saturated rings. The number of rotatable bonds is 45. The lowest BCUT2D eigenvalue weighted by Crippen LogP contribution is -2.30. The van der Waals surface area contributed by atoms with Crippen LogP contribution in [0.4, 0.5) is 0 Å². The normalized spacial score (nSPS) is 13.1. The van der Waals surface area contributed by atoms with E-state index in [0.29, 0.717) is 19.4 Å². The molecule has 0 spiro atoms. The van der Waals surface area contributed by atoms with Gasteiger partial charge in [-0.1, -0.05) is 207 Å². The molecule has 62 heavy (non-hydrogen) atoms. The number of carbonyl (C=O) groups is 2. The zero-order valence-corrected chi connectivity index (χ0v) is 40.3. The fraction of sp³-hybridized carbons (Fsp3) is 0.649. The summed E-state index contributed by atoms with van der Waals surface area (Å²) >= 11 is 0. The van der Waals surface area contributed by atoms with E-state index >= 15 is 0 Å². The SMILES string of the molecule is CC/C=C\C/C=C\C/C=C\C/C=C\C/C=C\CCCCCC(=O)OCC(COCCCCCCCCC/C=C\C/C=C\C/C=C\C/C=C\CC)OC(=O)CCCCCCCCC. The van der Waals surface area contributed by atoms with Crippen molar-refractivity contribution < 1.29 is 23.8 Å². The van der Waals surface area contributed by atoms with Gasteiger partial charge in [0.15, 0.2) is 6.10 Å². The van der Waals surface area contributed by atoms with E-state index in [1.807, 2.05) is 0 Å². The maximum absolute atomic E-state index is 12.7. The highest BCUT2D eigenvalue weighted by Gasteiger charge is 2.17. The predicted octanol–water partition coefficient (Wildman–Crippen LogP) is 17.2. The molecule has 0 bridgehead atoms. The number of unbranched alkanes of at least 4 members (excludes halogenated alkanes) is 16. The van der Waals surface area contributed by atoms with Crippen LogP contribution in [0.1, 0.15) is 213 Å². The highest BCUT2D eigenvalue weighted by Crippen LogP contribution is 2.12. The van der Waals surface area contributed by atoms with Crippen molar-refractivity contribution in [2.45, 2.75) is 219 Å².